The molecule has 0 radical (unpaired) electrons. The van der Waals surface area contributed by atoms with E-state index in [2.05, 4.69) is 0 Å². The van der Waals surface area contributed by atoms with E-state index in [4.69, 9.17) is 14.9 Å². The van der Waals surface area contributed by atoms with E-state index in [1.165, 1.54) is 18.2 Å². The van der Waals surface area contributed by atoms with Crippen LogP contribution >= 0.6 is 0 Å². The first-order chi connectivity index (χ1) is 12.8. The molecule has 0 spiro atoms. The topological polar surface area (TPSA) is 103 Å². The van der Waals surface area contributed by atoms with Crippen LogP contribution in [0.3, 0.4) is 0 Å². The maximum absolute atomic E-state index is 12.7. The molecule has 3 N–H and O–H groups in total. The molecule has 0 saturated carbocycles. The fourth-order valence-electron chi connectivity index (χ4n) is 3.25. The zero-order chi connectivity index (χ0) is 19.8. The van der Waals surface area contributed by atoms with Gasteiger partial charge in [0.2, 0.25) is 0 Å². The summed E-state index contributed by atoms with van der Waals surface area (Å²) in [6, 6.07) is 1.42. The van der Waals surface area contributed by atoms with Gasteiger partial charge in [-0.1, -0.05) is 19.4 Å². The van der Waals surface area contributed by atoms with E-state index in [9.17, 15) is 14.7 Å². The molecule has 0 amide bonds. The Hall–Kier alpha value is -2.86. The molecule has 1 aromatic heterocycles. The average molecular weight is 369 g/mol. The normalized spacial score (nSPS) is 15.1. The van der Waals surface area contributed by atoms with Crippen molar-refractivity contribution in [1.82, 2.24) is 0 Å². The van der Waals surface area contributed by atoms with Gasteiger partial charge in [0.25, 0.3) is 0 Å². The first-order valence-electron chi connectivity index (χ1n) is 8.94. The lowest BCUT2D eigenvalue weighted by atomic mass is 9.92. The Labute approximate surface area is 156 Å². The first-order valence-corrected chi connectivity index (χ1v) is 8.94. The van der Waals surface area contributed by atoms with E-state index in [-0.39, 0.29) is 23.4 Å². The fourth-order valence-corrected chi connectivity index (χ4v) is 3.25. The standard InChI is InChI=1S/C21H23NO5/c1-4-6-12-11-15(24)26-20-16(12)19-13(8-9-21(2,3)27-19)18(25)17(20)14(23)7-5-10-22/h5,7-9,11,25H,4,6,10,22H2,1-3H3/b7-5-. The Morgan fingerprint density at radius 2 is 2.11 bits per heavy atom. The number of aryl methyl sites for hydroxylation is 1. The number of fused-ring (bicyclic) bond motifs is 3. The second-order valence-electron chi connectivity index (χ2n) is 7.05. The molecular weight excluding hydrogens is 346 g/mol. The van der Waals surface area contributed by atoms with Crippen LogP contribution in [0.2, 0.25) is 0 Å². The summed E-state index contributed by atoms with van der Waals surface area (Å²) in [7, 11) is 0. The number of nitrogens with two attached hydrogens (primary N) is 1. The molecule has 1 aliphatic heterocycles. The largest absolute Gasteiger partial charge is 0.506 e. The molecule has 0 unspecified atom stereocenters. The van der Waals surface area contributed by atoms with Gasteiger partial charge in [0.15, 0.2) is 11.4 Å². The number of ether oxygens (including phenoxy) is 1. The van der Waals surface area contributed by atoms with Crippen molar-refractivity contribution in [3.63, 3.8) is 0 Å². The van der Waals surface area contributed by atoms with Gasteiger partial charge in [0.1, 0.15) is 22.7 Å². The number of carbonyl (C=O) groups is 1. The summed E-state index contributed by atoms with van der Waals surface area (Å²) < 4.78 is 11.5. The van der Waals surface area contributed by atoms with Crippen LogP contribution in [0.15, 0.2) is 33.5 Å². The molecular formula is C21H23NO5. The quantitative estimate of drug-likeness (QED) is 0.476. The Bertz CT molecular complexity index is 1030. The van der Waals surface area contributed by atoms with Gasteiger partial charge in [-0.05, 0) is 44.1 Å². The lowest BCUT2D eigenvalue weighted by Crippen LogP contribution is -2.28. The summed E-state index contributed by atoms with van der Waals surface area (Å²) in [4.78, 5) is 24.8. The van der Waals surface area contributed by atoms with Crippen molar-refractivity contribution in [3.05, 3.63) is 51.4 Å². The van der Waals surface area contributed by atoms with Gasteiger partial charge in [0, 0.05) is 12.6 Å². The van der Waals surface area contributed by atoms with Crippen molar-refractivity contribution in [2.45, 2.75) is 39.2 Å². The van der Waals surface area contributed by atoms with E-state index in [1.807, 2.05) is 26.8 Å². The summed E-state index contributed by atoms with van der Waals surface area (Å²) in [5, 5.41) is 11.4. The number of hydrogen-bond acceptors (Lipinski definition) is 6. The smallest absolute Gasteiger partial charge is 0.336 e. The van der Waals surface area contributed by atoms with Gasteiger partial charge >= 0.3 is 5.63 Å². The number of aromatic hydroxyl groups is 1. The summed E-state index contributed by atoms with van der Waals surface area (Å²) in [6.07, 6.45) is 7.70. The molecule has 2 aromatic rings. The van der Waals surface area contributed by atoms with Crippen LogP contribution in [-0.2, 0) is 6.42 Å². The number of allylic oxidation sites excluding steroid dienone is 1. The Morgan fingerprint density at radius 1 is 1.37 bits per heavy atom. The van der Waals surface area contributed by atoms with Gasteiger partial charge in [-0.3, -0.25) is 4.79 Å². The SMILES string of the molecule is CCCc1cc(=O)oc2c(C(=O)/C=C\CN)c(O)c3c(c12)OC(C)(C)C=C3. The second-order valence-corrected chi connectivity index (χ2v) is 7.05. The predicted octanol–water partition coefficient (Wildman–Crippen LogP) is 3.33. The van der Waals surface area contributed by atoms with Crippen molar-refractivity contribution < 1.29 is 19.1 Å². The van der Waals surface area contributed by atoms with Gasteiger partial charge in [-0.25, -0.2) is 4.79 Å². The lowest BCUT2D eigenvalue weighted by molar-refractivity contribution is 0.104. The average Bonchev–Trinajstić information content (AvgIpc) is 2.58. The monoisotopic (exact) mass is 369 g/mol. The molecule has 0 fully saturated rings. The number of ketones is 1. The van der Waals surface area contributed by atoms with Crippen LogP contribution in [0, 0.1) is 0 Å². The maximum Gasteiger partial charge on any atom is 0.336 e. The number of rotatable bonds is 5. The van der Waals surface area contributed by atoms with Crippen molar-refractivity contribution >= 4 is 22.8 Å². The number of phenolic OH excluding ortho intramolecular Hbond substituents is 1. The van der Waals surface area contributed by atoms with Crippen LogP contribution in [0.25, 0.3) is 17.0 Å². The highest BCUT2D eigenvalue weighted by Gasteiger charge is 2.31. The zero-order valence-electron chi connectivity index (χ0n) is 15.7. The molecule has 1 aliphatic rings. The van der Waals surface area contributed by atoms with E-state index < -0.39 is 17.0 Å². The van der Waals surface area contributed by atoms with E-state index in [1.54, 1.807) is 6.08 Å². The molecule has 3 rings (SSSR count). The highest BCUT2D eigenvalue weighted by atomic mass is 16.5. The van der Waals surface area contributed by atoms with Gasteiger partial charge in [-0.2, -0.15) is 0 Å². The van der Waals surface area contributed by atoms with Crippen molar-refractivity contribution in [2.24, 2.45) is 5.73 Å². The Morgan fingerprint density at radius 3 is 2.78 bits per heavy atom. The fraction of sp³-hybridized carbons (Fsp3) is 0.333. The van der Waals surface area contributed by atoms with Gasteiger partial charge in [0.05, 0.1) is 10.9 Å². The third kappa shape index (κ3) is 3.40. The van der Waals surface area contributed by atoms with Gasteiger partial charge in [-0.15, -0.1) is 0 Å². The third-order valence-electron chi connectivity index (χ3n) is 4.42. The Balaban J connectivity index is 2.47. The molecule has 6 heteroatoms. The predicted molar refractivity (Wildman–Crippen MR) is 104 cm³/mol. The molecule has 0 atom stereocenters. The van der Waals surface area contributed by atoms with Crippen LogP contribution in [-0.4, -0.2) is 23.0 Å². The van der Waals surface area contributed by atoms with Crippen LogP contribution < -0.4 is 16.1 Å². The third-order valence-corrected chi connectivity index (χ3v) is 4.42. The summed E-state index contributed by atoms with van der Waals surface area (Å²) in [5.41, 5.74) is 5.36. The molecule has 2 heterocycles. The molecule has 6 nitrogen and oxygen atoms in total. The minimum absolute atomic E-state index is 0.0416. The minimum atomic E-state index is -0.600. The van der Waals surface area contributed by atoms with Crippen molar-refractivity contribution in [1.29, 1.82) is 0 Å². The molecule has 27 heavy (non-hydrogen) atoms. The second kappa shape index (κ2) is 7.04. The van der Waals surface area contributed by atoms with Crippen LogP contribution in [0.1, 0.15) is 48.7 Å². The highest BCUT2D eigenvalue weighted by Crippen LogP contribution is 2.46. The number of phenols is 1. The molecule has 142 valence electrons. The van der Waals surface area contributed by atoms with Crippen molar-refractivity contribution in [2.75, 3.05) is 6.54 Å². The summed E-state index contributed by atoms with van der Waals surface area (Å²) in [6.45, 7) is 5.94. The maximum atomic E-state index is 12.7. The lowest BCUT2D eigenvalue weighted by Gasteiger charge is -2.30. The summed E-state index contributed by atoms with van der Waals surface area (Å²) in [5.74, 6) is -0.338. The van der Waals surface area contributed by atoms with Crippen LogP contribution in [0.5, 0.6) is 11.5 Å². The van der Waals surface area contributed by atoms with E-state index >= 15 is 0 Å². The number of hydrogen-bond donors (Lipinski definition) is 2. The summed E-state index contributed by atoms with van der Waals surface area (Å²) >= 11 is 0. The van der Waals surface area contributed by atoms with E-state index in [0.29, 0.717) is 23.1 Å². The number of benzene rings is 1. The number of carbonyl (C=O) groups excluding carboxylic acids is 1. The molecule has 0 saturated heterocycles. The zero-order valence-corrected chi connectivity index (χ0v) is 15.7. The first kappa shape index (κ1) is 18.9. The molecule has 0 bridgehead atoms. The van der Waals surface area contributed by atoms with Crippen molar-refractivity contribution in [3.8, 4) is 11.5 Å². The molecule has 1 aromatic carbocycles. The van der Waals surface area contributed by atoms with E-state index in [0.717, 1.165) is 12.0 Å². The Kier molecular flexibility index (Phi) is 4.93. The highest BCUT2D eigenvalue weighted by molar-refractivity contribution is 6.16. The van der Waals surface area contributed by atoms with Gasteiger partial charge < -0.3 is 20.0 Å². The minimum Gasteiger partial charge on any atom is -0.506 e. The molecule has 0 aliphatic carbocycles. The van der Waals surface area contributed by atoms with Crippen LogP contribution in [0.4, 0.5) is 0 Å².